The monoisotopic (exact) mass is 406 g/mol. The molecule has 1 atom stereocenters. The first kappa shape index (κ1) is 22.7. The Labute approximate surface area is 169 Å². The molecule has 2 saturated heterocycles. The zero-order valence-corrected chi connectivity index (χ0v) is 18.7. The van der Waals surface area contributed by atoms with Crippen LogP contribution in [0.2, 0.25) is 0 Å². The second kappa shape index (κ2) is 11.5. The van der Waals surface area contributed by atoms with Crippen molar-refractivity contribution in [2.75, 3.05) is 78.7 Å². The Morgan fingerprint density at radius 1 is 0.885 bits per heavy atom. The minimum Gasteiger partial charge on any atom is -0.379 e. The number of ether oxygens (including phenoxy) is 1. The molecule has 26 heavy (non-hydrogen) atoms. The lowest BCUT2D eigenvalue weighted by atomic mass is 10.1. The largest absolute Gasteiger partial charge is 0.379 e. The van der Waals surface area contributed by atoms with Crippen LogP contribution in [0.3, 0.4) is 0 Å². The normalized spacial score (nSPS) is 23.4. The quantitative estimate of drug-likeness (QED) is 0.271. The molecule has 2 aliphatic heterocycles. The van der Waals surface area contributed by atoms with Crippen molar-refractivity contribution in [2.24, 2.45) is 0 Å². The lowest BCUT2D eigenvalue weighted by Gasteiger charge is -2.42. The molecule has 0 bridgehead atoms. The average molecular weight is 407 g/mol. The first-order chi connectivity index (χ1) is 12.4. The molecule has 2 heterocycles. The summed E-state index contributed by atoms with van der Waals surface area (Å²) in [5, 5.41) is 2.06. The summed E-state index contributed by atoms with van der Waals surface area (Å²) in [6.45, 7) is 21.3. The number of piperazine rings is 2. The molecule has 8 heteroatoms. The van der Waals surface area contributed by atoms with Crippen molar-refractivity contribution < 1.29 is 9.57 Å². The first-order valence-electron chi connectivity index (χ1n) is 9.88. The van der Waals surface area contributed by atoms with Gasteiger partial charge in [0.15, 0.2) is 0 Å². The van der Waals surface area contributed by atoms with Crippen LogP contribution in [0.15, 0.2) is 0 Å². The van der Waals surface area contributed by atoms with Crippen LogP contribution in [-0.4, -0.2) is 109 Å². The van der Waals surface area contributed by atoms with Crippen molar-refractivity contribution in [1.82, 2.24) is 19.8 Å². The molecule has 0 N–H and O–H groups in total. The zero-order valence-electron chi connectivity index (χ0n) is 17.0. The summed E-state index contributed by atoms with van der Waals surface area (Å²) in [5.41, 5.74) is 0.403. The van der Waals surface area contributed by atoms with Crippen LogP contribution in [0.25, 0.3) is 0 Å². The molecule has 0 radical (unpaired) electrons. The molecule has 1 unspecified atom stereocenters. The zero-order chi connectivity index (χ0) is 19.0. The van der Waals surface area contributed by atoms with Crippen molar-refractivity contribution >= 4 is 22.5 Å². The second-order valence-corrected chi connectivity index (χ2v) is 9.67. The number of hydrogen-bond acceptors (Lipinski definition) is 8. The Bertz CT molecular complexity index is 382. The van der Waals surface area contributed by atoms with Gasteiger partial charge < -0.3 is 4.74 Å². The minimum atomic E-state index is 0.110. The summed E-state index contributed by atoms with van der Waals surface area (Å²) >= 11 is 4.19. The fraction of sp³-hybridized carbons (Fsp3) is 1.00. The molecule has 0 saturated carbocycles. The minimum absolute atomic E-state index is 0.110. The Morgan fingerprint density at radius 2 is 1.38 bits per heavy atom. The van der Waals surface area contributed by atoms with Gasteiger partial charge in [0, 0.05) is 71.0 Å². The van der Waals surface area contributed by atoms with Crippen LogP contribution >= 0.6 is 22.5 Å². The number of hydroxylamine groups is 2. The van der Waals surface area contributed by atoms with Crippen LogP contribution in [0, 0.1) is 0 Å². The molecular formula is C18H38N4O2S2. The van der Waals surface area contributed by atoms with Crippen molar-refractivity contribution in [3.05, 3.63) is 0 Å². The molecule has 2 aliphatic rings. The van der Waals surface area contributed by atoms with Crippen LogP contribution in [0.1, 0.15) is 27.7 Å². The van der Waals surface area contributed by atoms with E-state index in [0.29, 0.717) is 5.54 Å². The van der Waals surface area contributed by atoms with E-state index < -0.39 is 0 Å². The average Bonchev–Trinajstić information content (AvgIpc) is 2.62. The van der Waals surface area contributed by atoms with E-state index in [1.54, 1.807) is 0 Å². The molecule has 0 spiro atoms. The van der Waals surface area contributed by atoms with Crippen LogP contribution in [-0.2, 0) is 9.57 Å². The van der Waals surface area contributed by atoms with Gasteiger partial charge in [-0.3, -0.25) is 19.5 Å². The van der Waals surface area contributed by atoms with E-state index in [2.05, 4.69) is 52.2 Å². The summed E-state index contributed by atoms with van der Waals surface area (Å²) in [5.74, 6) is 0. The summed E-state index contributed by atoms with van der Waals surface area (Å²) in [7, 11) is 1.44. The first-order valence-corrected chi connectivity index (χ1v) is 11.8. The fourth-order valence-electron chi connectivity index (χ4n) is 3.42. The summed E-state index contributed by atoms with van der Waals surface area (Å²) in [6, 6.07) is 0. The third kappa shape index (κ3) is 8.22. The molecule has 2 rings (SSSR count). The predicted molar refractivity (Wildman–Crippen MR) is 114 cm³/mol. The van der Waals surface area contributed by atoms with Crippen molar-refractivity contribution in [3.63, 3.8) is 0 Å². The highest BCUT2D eigenvalue weighted by molar-refractivity contribution is 8.68. The SMILES string of the molecule is CC(ON1CCN(CCOCCN2CCN(C(C)(C)C)CC2)CC1)SS. The topological polar surface area (TPSA) is 31.4 Å². The van der Waals surface area contributed by atoms with Gasteiger partial charge in [0.25, 0.3) is 0 Å². The van der Waals surface area contributed by atoms with Gasteiger partial charge in [-0.05, 0) is 27.7 Å². The van der Waals surface area contributed by atoms with Gasteiger partial charge in [0.05, 0.1) is 13.2 Å². The van der Waals surface area contributed by atoms with Gasteiger partial charge in [0.2, 0.25) is 0 Å². The van der Waals surface area contributed by atoms with E-state index >= 15 is 0 Å². The molecule has 2 fully saturated rings. The number of rotatable bonds is 9. The molecule has 0 amide bonds. The lowest BCUT2D eigenvalue weighted by Crippen LogP contribution is -2.53. The van der Waals surface area contributed by atoms with Crippen molar-refractivity contribution in [2.45, 2.75) is 38.7 Å². The third-order valence-electron chi connectivity index (χ3n) is 5.20. The molecule has 154 valence electrons. The van der Waals surface area contributed by atoms with Crippen LogP contribution in [0.4, 0.5) is 0 Å². The lowest BCUT2D eigenvalue weighted by molar-refractivity contribution is -0.183. The fourth-order valence-corrected chi connectivity index (χ4v) is 3.70. The molecule has 0 aromatic rings. The molecule has 0 aliphatic carbocycles. The Hall–Kier alpha value is 0.460. The van der Waals surface area contributed by atoms with E-state index in [9.17, 15) is 0 Å². The Kier molecular flexibility index (Phi) is 10.0. The van der Waals surface area contributed by atoms with Crippen LogP contribution in [0.5, 0.6) is 0 Å². The smallest absolute Gasteiger partial charge is 0.131 e. The molecule has 0 aromatic heterocycles. The Morgan fingerprint density at radius 3 is 1.85 bits per heavy atom. The summed E-state index contributed by atoms with van der Waals surface area (Å²) in [4.78, 5) is 13.3. The van der Waals surface area contributed by atoms with Gasteiger partial charge in [-0.25, -0.2) is 0 Å². The highest BCUT2D eigenvalue weighted by Gasteiger charge is 2.25. The standard InChI is InChI=1S/C18H38N4O2S2/c1-17(26-25)24-22-11-7-20(8-12-22)14-16-23-15-13-19-5-9-21(10-6-19)18(2,3)4/h17,25H,5-16H2,1-4H3. The maximum Gasteiger partial charge on any atom is 0.131 e. The van der Waals surface area contributed by atoms with E-state index in [0.717, 1.165) is 65.6 Å². The van der Waals surface area contributed by atoms with Crippen molar-refractivity contribution in [3.8, 4) is 0 Å². The maximum absolute atomic E-state index is 5.89. The number of thiol groups is 1. The van der Waals surface area contributed by atoms with Gasteiger partial charge in [-0.2, -0.15) is 5.06 Å². The second-order valence-electron chi connectivity index (χ2n) is 8.16. The van der Waals surface area contributed by atoms with Gasteiger partial charge >= 0.3 is 0 Å². The molecule has 0 aromatic carbocycles. The predicted octanol–water partition coefficient (Wildman–Crippen LogP) is 1.89. The molecule has 6 nitrogen and oxygen atoms in total. The van der Waals surface area contributed by atoms with Crippen LogP contribution < -0.4 is 0 Å². The van der Waals surface area contributed by atoms with Gasteiger partial charge in [0.1, 0.15) is 5.44 Å². The van der Waals surface area contributed by atoms with E-state index in [4.69, 9.17) is 9.57 Å². The third-order valence-corrected chi connectivity index (χ3v) is 6.48. The van der Waals surface area contributed by atoms with E-state index in [1.807, 2.05) is 6.92 Å². The maximum atomic E-state index is 5.89. The van der Waals surface area contributed by atoms with Gasteiger partial charge in [-0.1, -0.05) is 10.8 Å². The van der Waals surface area contributed by atoms with E-state index in [-0.39, 0.29) is 5.44 Å². The highest BCUT2D eigenvalue weighted by atomic mass is 33.1. The summed E-state index contributed by atoms with van der Waals surface area (Å²) in [6.07, 6.45) is 0. The number of hydrogen-bond donors (Lipinski definition) is 1. The summed E-state index contributed by atoms with van der Waals surface area (Å²) < 4.78 is 5.89. The highest BCUT2D eigenvalue weighted by Crippen LogP contribution is 2.17. The van der Waals surface area contributed by atoms with Crippen molar-refractivity contribution in [1.29, 1.82) is 0 Å². The Balaban J connectivity index is 1.47. The van der Waals surface area contributed by atoms with E-state index in [1.165, 1.54) is 23.9 Å². The van der Waals surface area contributed by atoms with Gasteiger partial charge in [-0.15, -0.1) is 11.7 Å². The number of nitrogens with zero attached hydrogens (tertiary/aromatic N) is 4. The molecular weight excluding hydrogens is 368 g/mol.